The van der Waals surface area contributed by atoms with Crippen molar-refractivity contribution in [1.29, 1.82) is 0 Å². The van der Waals surface area contributed by atoms with Gasteiger partial charge in [0.2, 0.25) is 0 Å². The van der Waals surface area contributed by atoms with Gasteiger partial charge in [0.1, 0.15) is 5.75 Å². The molecule has 8 nitrogen and oxygen atoms in total. The molecule has 0 aliphatic carbocycles. The second-order valence-corrected chi connectivity index (χ2v) is 9.26. The average molecular weight is 495 g/mol. The smallest absolute Gasteiger partial charge is 0.252 e. The van der Waals surface area contributed by atoms with Gasteiger partial charge < -0.3 is 9.72 Å². The highest BCUT2D eigenvalue weighted by atomic mass is 16.5. The van der Waals surface area contributed by atoms with E-state index in [4.69, 9.17) is 4.74 Å². The van der Waals surface area contributed by atoms with Crippen molar-refractivity contribution in [1.82, 2.24) is 30.1 Å². The lowest BCUT2D eigenvalue weighted by Crippen LogP contribution is -2.30. The third kappa shape index (κ3) is 6.10. The molecule has 1 N–H and O–H groups in total. The number of tetrazole rings is 1. The lowest BCUT2D eigenvalue weighted by atomic mass is 10.1. The molecule has 0 saturated carbocycles. The summed E-state index contributed by atoms with van der Waals surface area (Å²) < 4.78 is 7.07. The molecular formula is C29H30N6O2. The van der Waals surface area contributed by atoms with Crippen LogP contribution >= 0.6 is 0 Å². The van der Waals surface area contributed by atoms with E-state index in [1.165, 1.54) is 5.56 Å². The first-order valence-corrected chi connectivity index (χ1v) is 12.3. The molecule has 0 atom stereocenters. The van der Waals surface area contributed by atoms with Crippen molar-refractivity contribution < 1.29 is 4.74 Å². The van der Waals surface area contributed by atoms with E-state index in [9.17, 15) is 4.79 Å². The van der Waals surface area contributed by atoms with Crippen LogP contribution in [0.1, 0.15) is 28.1 Å². The first-order chi connectivity index (χ1) is 18.1. The maximum absolute atomic E-state index is 13.0. The summed E-state index contributed by atoms with van der Waals surface area (Å²) in [7, 11) is 1.65. The number of aryl methyl sites for hydroxylation is 1. The predicted octanol–water partition coefficient (Wildman–Crippen LogP) is 4.12. The molecule has 5 aromatic rings. The van der Waals surface area contributed by atoms with Crippen LogP contribution in [-0.4, -0.2) is 43.7 Å². The summed E-state index contributed by atoms with van der Waals surface area (Å²) >= 11 is 0. The first-order valence-electron chi connectivity index (χ1n) is 12.3. The molecule has 188 valence electrons. The zero-order chi connectivity index (χ0) is 25.6. The van der Waals surface area contributed by atoms with Crippen LogP contribution in [0.3, 0.4) is 0 Å². The van der Waals surface area contributed by atoms with Gasteiger partial charge in [-0.05, 0) is 70.6 Å². The minimum atomic E-state index is -0.0705. The molecule has 0 bridgehead atoms. The Hall–Kier alpha value is -4.30. The Morgan fingerprint density at radius 1 is 0.946 bits per heavy atom. The van der Waals surface area contributed by atoms with Gasteiger partial charge in [0.15, 0.2) is 5.82 Å². The van der Waals surface area contributed by atoms with Gasteiger partial charge in [-0.15, -0.1) is 5.10 Å². The summed E-state index contributed by atoms with van der Waals surface area (Å²) in [6.07, 6.45) is 0.853. The van der Waals surface area contributed by atoms with Crippen LogP contribution in [0, 0.1) is 6.92 Å². The fraction of sp³-hybridized carbons (Fsp3) is 0.241. The van der Waals surface area contributed by atoms with E-state index in [2.05, 4.69) is 50.5 Å². The highest BCUT2D eigenvalue weighted by molar-refractivity contribution is 5.79. The number of nitrogens with zero attached hydrogens (tertiary/aromatic N) is 5. The summed E-state index contributed by atoms with van der Waals surface area (Å²) in [5, 5.41) is 13.5. The number of nitrogens with one attached hydrogen (secondary N) is 1. The third-order valence-electron chi connectivity index (χ3n) is 6.49. The Bertz CT molecular complexity index is 1530. The zero-order valence-corrected chi connectivity index (χ0v) is 21.1. The molecule has 0 fully saturated rings. The van der Waals surface area contributed by atoms with E-state index in [-0.39, 0.29) is 5.56 Å². The molecule has 5 rings (SSSR count). The first kappa shape index (κ1) is 24.4. The van der Waals surface area contributed by atoms with Crippen LogP contribution in [0.2, 0.25) is 0 Å². The van der Waals surface area contributed by atoms with E-state index >= 15 is 0 Å². The number of hydrogen-bond acceptors (Lipinski definition) is 6. The highest BCUT2D eigenvalue weighted by Gasteiger charge is 2.16. The Balaban J connectivity index is 1.39. The number of methoxy groups -OCH3 is 1. The summed E-state index contributed by atoms with van der Waals surface area (Å²) in [5.41, 5.74) is 4.97. The number of rotatable bonds is 10. The van der Waals surface area contributed by atoms with Crippen molar-refractivity contribution in [2.45, 2.75) is 33.0 Å². The van der Waals surface area contributed by atoms with E-state index in [1.54, 1.807) is 7.11 Å². The molecule has 0 unspecified atom stereocenters. The maximum atomic E-state index is 13.0. The summed E-state index contributed by atoms with van der Waals surface area (Å²) in [4.78, 5) is 18.2. The van der Waals surface area contributed by atoms with Gasteiger partial charge in [0.25, 0.3) is 5.56 Å². The second-order valence-electron chi connectivity index (χ2n) is 9.26. The molecule has 2 aromatic heterocycles. The third-order valence-corrected chi connectivity index (χ3v) is 6.49. The number of fused-ring (bicyclic) bond motifs is 1. The van der Waals surface area contributed by atoms with Crippen molar-refractivity contribution in [3.63, 3.8) is 0 Å². The minimum Gasteiger partial charge on any atom is -0.497 e. The monoisotopic (exact) mass is 494 g/mol. The second kappa shape index (κ2) is 11.2. The highest BCUT2D eigenvalue weighted by Crippen LogP contribution is 2.16. The van der Waals surface area contributed by atoms with Crippen LogP contribution in [0.25, 0.3) is 10.9 Å². The van der Waals surface area contributed by atoms with Gasteiger partial charge in [-0.2, -0.15) is 0 Å². The molecular weight excluding hydrogens is 464 g/mol. The van der Waals surface area contributed by atoms with Gasteiger partial charge in [-0.25, -0.2) is 4.68 Å². The number of aromatic nitrogens is 5. The van der Waals surface area contributed by atoms with E-state index in [0.717, 1.165) is 52.1 Å². The Morgan fingerprint density at radius 2 is 1.76 bits per heavy atom. The predicted molar refractivity (Wildman–Crippen MR) is 143 cm³/mol. The van der Waals surface area contributed by atoms with E-state index in [0.29, 0.717) is 19.6 Å². The van der Waals surface area contributed by atoms with Crippen LogP contribution in [0.15, 0.2) is 83.7 Å². The lowest BCUT2D eigenvalue weighted by molar-refractivity contribution is 0.248. The zero-order valence-electron chi connectivity index (χ0n) is 21.1. The van der Waals surface area contributed by atoms with Crippen molar-refractivity contribution in [2.75, 3.05) is 13.7 Å². The van der Waals surface area contributed by atoms with Gasteiger partial charge in [0, 0.05) is 24.2 Å². The van der Waals surface area contributed by atoms with E-state index < -0.39 is 0 Å². The summed E-state index contributed by atoms with van der Waals surface area (Å²) in [5.74, 6) is 1.56. The van der Waals surface area contributed by atoms with Gasteiger partial charge in [0.05, 0.1) is 20.2 Å². The van der Waals surface area contributed by atoms with Gasteiger partial charge in [-0.3, -0.25) is 9.69 Å². The number of ether oxygens (including phenoxy) is 1. The molecule has 2 heterocycles. The molecule has 0 radical (unpaired) electrons. The topological polar surface area (TPSA) is 88.9 Å². The summed E-state index contributed by atoms with van der Waals surface area (Å²) in [6.45, 7) is 4.36. The van der Waals surface area contributed by atoms with Crippen LogP contribution < -0.4 is 10.3 Å². The molecule has 8 heteroatoms. The Morgan fingerprint density at radius 3 is 2.54 bits per heavy atom. The quantitative estimate of drug-likeness (QED) is 0.314. The average Bonchev–Trinajstić information content (AvgIpc) is 3.35. The SMILES string of the molecule is COc1ccc(Cn2nnnc2CN(CCc2ccccc2)Cc2cc3cc(C)ccc3[nH]c2=O)cc1. The standard InChI is InChI=1S/C29H30N6O2/c1-21-8-13-27-24(16-21)17-25(29(36)30-27)19-34(15-14-22-6-4-3-5-7-22)20-28-31-32-33-35(28)18-23-9-11-26(37-2)12-10-23/h3-13,16-17H,14-15,18-20H2,1-2H3,(H,30,36). The lowest BCUT2D eigenvalue weighted by Gasteiger charge is -2.22. The van der Waals surface area contributed by atoms with Crippen LogP contribution in [-0.2, 0) is 26.1 Å². The number of benzene rings is 3. The fourth-order valence-corrected chi connectivity index (χ4v) is 4.44. The molecule has 0 amide bonds. The van der Waals surface area contributed by atoms with Crippen molar-refractivity contribution in [2.24, 2.45) is 0 Å². The summed E-state index contributed by atoms with van der Waals surface area (Å²) in [6, 6.07) is 26.3. The largest absolute Gasteiger partial charge is 0.497 e. The van der Waals surface area contributed by atoms with Crippen LogP contribution in [0.4, 0.5) is 0 Å². The molecule has 37 heavy (non-hydrogen) atoms. The fourth-order valence-electron chi connectivity index (χ4n) is 4.44. The van der Waals surface area contributed by atoms with E-state index in [1.807, 2.05) is 65.3 Å². The van der Waals surface area contributed by atoms with Gasteiger partial charge in [-0.1, -0.05) is 54.1 Å². The van der Waals surface area contributed by atoms with Gasteiger partial charge >= 0.3 is 0 Å². The maximum Gasteiger partial charge on any atom is 0.252 e. The number of aromatic amines is 1. The Kier molecular flexibility index (Phi) is 7.37. The van der Waals surface area contributed by atoms with Crippen molar-refractivity contribution in [3.8, 4) is 5.75 Å². The Labute approximate surface area is 215 Å². The molecule has 0 aliphatic heterocycles. The number of hydrogen-bond donors (Lipinski definition) is 1. The number of pyridine rings is 1. The van der Waals surface area contributed by atoms with Crippen molar-refractivity contribution in [3.05, 3.63) is 117 Å². The minimum absolute atomic E-state index is 0.0705. The normalized spacial score (nSPS) is 11.3. The molecule has 0 aliphatic rings. The molecule has 0 spiro atoms. The molecule has 3 aromatic carbocycles. The van der Waals surface area contributed by atoms with Crippen LogP contribution in [0.5, 0.6) is 5.75 Å². The molecule has 0 saturated heterocycles. The number of H-pyrrole nitrogens is 1. The van der Waals surface area contributed by atoms with Crippen molar-refractivity contribution >= 4 is 10.9 Å².